The molecule has 0 bridgehead atoms. The molecule has 0 atom stereocenters. The molecule has 0 aliphatic heterocycles. The third-order valence-electron chi connectivity index (χ3n) is 2.07. The lowest BCUT2D eigenvalue weighted by Crippen LogP contribution is -2.07. The summed E-state index contributed by atoms with van der Waals surface area (Å²) >= 11 is -0.419. The number of ether oxygens (including phenoxy) is 2. The first kappa shape index (κ1) is 15.2. The molecule has 1 rings (SSSR count). The van der Waals surface area contributed by atoms with E-state index in [2.05, 4.69) is 4.74 Å². The third kappa shape index (κ3) is 3.54. The highest BCUT2D eigenvalue weighted by atomic mass is 32.2. The minimum absolute atomic E-state index is 0.145. The van der Waals surface area contributed by atoms with Crippen molar-refractivity contribution in [2.45, 2.75) is 10.4 Å². The van der Waals surface area contributed by atoms with Gasteiger partial charge in [-0.15, -0.1) is 0 Å². The van der Waals surface area contributed by atoms with Crippen molar-refractivity contribution in [3.63, 3.8) is 0 Å². The molecule has 0 N–H and O–H groups in total. The summed E-state index contributed by atoms with van der Waals surface area (Å²) in [6, 6.07) is 3.81. The zero-order chi connectivity index (χ0) is 14.6. The average Bonchev–Trinajstić information content (AvgIpc) is 2.35. The van der Waals surface area contributed by atoms with E-state index in [4.69, 9.17) is 10.00 Å². The topological polar surface area (TPSA) is 59.3 Å². The lowest BCUT2D eigenvalue weighted by atomic mass is 10.1. The molecule has 102 valence electrons. The number of alkyl halides is 3. The van der Waals surface area contributed by atoms with Gasteiger partial charge >= 0.3 is 11.5 Å². The Bertz CT molecular complexity index is 537. The van der Waals surface area contributed by atoms with Crippen molar-refractivity contribution in [2.24, 2.45) is 0 Å². The van der Waals surface area contributed by atoms with Gasteiger partial charge < -0.3 is 9.47 Å². The first-order valence-electron chi connectivity index (χ1n) is 4.79. The number of rotatable bonds is 3. The van der Waals surface area contributed by atoms with E-state index in [9.17, 15) is 18.0 Å². The number of nitriles is 1. The molecule has 1 aromatic rings. The number of carbonyl (C=O) groups excluding carboxylic acids is 1. The van der Waals surface area contributed by atoms with Crippen LogP contribution in [0.4, 0.5) is 13.2 Å². The Morgan fingerprint density at radius 3 is 2.42 bits per heavy atom. The SMILES string of the molecule is COC(=O)c1ccc(SC(F)(F)F)c(OC)c1C#N. The van der Waals surface area contributed by atoms with Crippen LogP contribution in [-0.2, 0) is 4.74 Å². The number of thioether (sulfide) groups is 1. The second kappa shape index (κ2) is 5.84. The highest BCUT2D eigenvalue weighted by Gasteiger charge is 2.32. The second-order valence-electron chi connectivity index (χ2n) is 3.17. The summed E-state index contributed by atoms with van der Waals surface area (Å²) in [6.07, 6.45) is 0. The minimum Gasteiger partial charge on any atom is -0.494 e. The molecule has 0 saturated carbocycles. The smallest absolute Gasteiger partial charge is 0.446 e. The van der Waals surface area contributed by atoms with Gasteiger partial charge in [0.25, 0.3) is 0 Å². The zero-order valence-corrected chi connectivity index (χ0v) is 10.7. The van der Waals surface area contributed by atoms with Gasteiger partial charge in [-0.25, -0.2) is 4.79 Å². The van der Waals surface area contributed by atoms with Crippen LogP contribution >= 0.6 is 11.8 Å². The van der Waals surface area contributed by atoms with Gasteiger partial charge in [0.15, 0.2) is 5.75 Å². The molecule has 8 heteroatoms. The van der Waals surface area contributed by atoms with Crippen molar-refractivity contribution >= 4 is 17.7 Å². The Labute approximate surface area is 111 Å². The predicted octanol–water partition coefficient (Wildman–Crippen LogP) is 2.97. The number of esters is 1. The van der Waals surface area contributed by atoms with Crippen LogP contribution in [0.3, 0.4) is 0 Å². The zero-order valence-electron chi connectivity index (χ0n) is 9.87. The highest BCUT2D eigenvalue weighted by molar-refractivity contribution is 8.00. The number of halogens is 3. The number of methoxy groups -OCH3 is 2. The monoisotopic (exact) mass is 291 g/mol. The van der Waals surface area contributed by atoms with Crippen molar-refractivity contribution in [3.8, 4) is 11.8 Å². The van der Waals surface area contributed by atoms with Gasteiger partial charge in [-0.05, 0) is 23.9 Å². The van der Waals surface area contributed by atoms with Gasteiger partial charge in [0.2, 0.25) is 0 Å². The normalized spacial score (nSPS) is 10.7. The maximum Gasteiger partial charge on any atom is 0.446 e. The van der Waals surface area contributed by atoms with E-state index in [-0.39, 0.29) is 21.8 Å². The summed E-state index contributed by atoms with van der Waals surface area (Å²) < 4.78 is 46.3. The number of hydrogen-bond acceptors (Lipinski definition) is 5. The molecular formula is C11H8F3NO3S. The molecule has 1 aromatic carbocycles. The Hall–Kier alpha value is -1.88. The summed E-state index contributed by atoms with van der Waals surface area (Å²) in [5.74, 6) is -1.12. The Kier molecular flexibility index (Phi) is 4.67. The van der Waals surface area contributed by atoms with E-state index >= 15 is 0 Å². The molecule has 0 aliphatic rings. The van der Waals surface area contributed by atoms with Crippen molar-refractivity contribution in [2.75, 3.05) is 14.2 Å². The van der Waals surface area contributed by atoms with Crippen LogP contribution in [0.1, 0.15) is 15.9 Å². The van der Waals surface area contributed by atoms with Gasteiger partial charge in [-0.1, -0.05) is 0 Å². The van der Waals surface area contributed by atoms with E-state index in [1.807, 2.05) is 0 Å². The number of hydrogen-bond donors (Lipinski definition) is 0. The number of benzene rings is 1. The highest BCUT2D eigenvalue weighted by Crippen LogP contribution is 2.43. The van der Waals surface area contributed by atoms with Gasteiger partial charge in [0, 0.05) is 0 Å². The molecular weight excluding hydrogens is 283 g/mol. The maximum atomic E-state index is 12.4. The van der Waals surface area contributed by atoms with Crippen LogP contribution in [-0.4, -0.2) is 25.7 Å². The van der Waals surface area contributed by atoms with Gasteiger partial charge in [-0.3, -0.25) is 0 Å². The fourth-order valence-corrected chi connectivity index (χ4v) is 2.03. The van der Waals surface area contributed by atoms with Crippen molar-refractivity contribution in [1.29, 1.82) is 5.26 Å². The van der Waals surface area contributed by atoms with Crippen molar-refractivity contribution < 1.29 is 27.4 Å². The van der Waals surface area contributed by atoms with Crippen molar-refractivity contribution in [1.82, 2.24) is 0 Å². The maximum absolute atomic E-state index is 12.4. The molecule has 0 radical (unpaired) electrons. The summed E-state index contributed by atoms with van der Waals surface area (Å²) in [7, 11) is 2.23. The molecule has 0 aromatic heterocycles. The van der Waals surface area contributed by atoms with Gasteiger partial charge in [-0.2, -0.15) is 18.4 Å². The van der Waals surface area contributed by atoms with E-state index in [1.165, 1.54) is 0 Å². The van der Waals surface area contributed by atoms with Crippen molar-refractivity contribution in [3.05, 3.63) is 23.3 Å². The predicted molar refractivity (Wildman–Crippen MR) is 61.0 cm³/mol. The number of carbonyl (C=O) groups is 1. The first-order chi connectivity index (χ1) is 8.84. The Morgan fingerprint density at radius 2 is 2.00 bits per heavy atom. The lowest BCUT2D eigenvalue weighted by molar-refractivity contribution is -0.0328. The van der Waals surface area contributed by atoms with Gasteiger partial charge in [0.1, 0.15) is 11.6 Å². The first-order valence-corrected chi connectivity index (χ1v) is 5.60. The van der Waals surface area contributed by atoms with Crippen LogP contribution in [0.2, 0.25) is 0 Å². The Balaban J connectivity index is 3.40. The van der Waals surface area contributed by atoms with E-state index in [1.54, 1.807) is 6.07 Å². The molecule has 0 aliphatic carbocycles. The fraction of sp³-hybridized carbons (Fsp3) is 0.273. The molecule has 0 saturated heterocycles. The van der Waals surface area contributed by atoms with E-state index in [0.29, 0.717) is 0 Å². The fourth-order valence-electron chi connectivity index (χ4n) is 1.36. The molecule has 4 nitrogen and oxygen atoms in total. The minimum atomic E-state index is -4.52. The molecule has 0 heterocycles. The van der Waals surface area contributed by atoms with Crippen LogP contribution in [0.25, 0.3) is 0 Å². The van der Waals surface area contributed by atoms with E-state index < -0.39 is 23.2 Å². The number of nitrogens with zero attached hydrogens (tertiary/aromatic N) is 1. The quantitative estimate of drug-likeness (QED) is 0.633. The average molecular weight is 291 g/mol. The molecule has 0 unspecified atom stereocenters. The summed E-state index contributed by atoms with van der Waals surface area (Å²) in [4.78, 5) is 11.1. The van der Waals surface area contributed by atoms with Crippen LogP contribution in [0, 0.1) is 11.3 Å². The standard InChI is InChI=1S/C11H8F3NO3S/c1-17-9-7(5-15)6(10(16)18-2)3-4-8(9)19-11(12,13)14/h3-4H,1-2H3. The molecule has 19 heavy (non-hydrogen) atoms. The van der Waals surface area contributed by atoms with Crippen LogP contribution < -0.4 is 4.74 Å². The largest absolute Gasteiger partial charge is 0.494 e. The molecule has 0 spiro atoms. The summed E-state index contributed by atoms with van der Waals surface area (Å²) in [5, 5.41) is 8.97. The van der Waals surface area contributed by atoms with Crippen LogP contribution in [0.15, 0.2) is 17.0 Å². The summed E-state index contributed by atoms with van der Waals surface area (Å²) in [6.45, 7) is 0. The van der Waals surface area contributed by atoms with Gasteiger partial charge in [0.05, 0.1) is 24.7 Å². The Morgan fingerprint density at radius 1 is 1.37 bits per heavy atom. The van der Waals surface area contributed by atoms with Crippen LogP contribution in [0.5, 0.6) is 5.75 Å². The lowest BCUT2D eigenvalue weighted by Gasteiger charge is -2.13. The molecule has 0 fully saturated rings. The summed E-state index contributed by atoms with van der Waals surface area (Å²) in [5.41, 5.74) is -4.95. The van der Waals surface area contributed by atoms with E-state index in [0.717, 1.165) is 26.4 Å². The molecule has 0 amide bonds. The third-order valence-corrected chi connectivity index (χ3v) is 2.84. The second-order valence-corrected chi connectivity index (χ2v) is 4.28.